The van der Waals surface area contributed by atoms with Crippen molar-refractivity contribution >= 4 is 17.7 Å². The molecule has 11 nitrogen and oxygen atoms in total. The molecule has 2 atom stereocenters. The number of amides is 3. The normalized spacial score (nSPS) is 24.0. The number of carbonyl (C=O) groups is 3. The van der Waals surface area contributed by atoms with Gasteiger partial charge in [-0.1, -0.05) is 0 Å². The van der Waals surface area contributed by atoms with E-state index < -0.39 is 17.7 Å². The Labute approximate surface area is 213 Å². The highest BCUT2D eigenvalue weighted by Gasteiger charge is 2.54. The van der Waals surface area contributed by atoms with Crippen molar-refractivity contribution in [3.8, 4) is 11.5 Å². The van der Waals surface area contributed by atoms with E-state index in [0.29, 0.717) is 56.1 Å². The topological polar surface area (TPSA) is 120 Å². The van der Waals surface area contributed by atoms with Gasteiger partial charge in [-0.3, -0.25) is 19.3 Å². The maximum atomic E-state index is 13.5. The molecule has 1 aromatic carbocycles. The molecular weight excluding hydrogens is 482 g/mol. The third-order valence-electron chi connectivity index (χ3n) is 7.49. The Balaban J connectivity index is 1.17. The number of piperidine rings is 1. The highest BCUT2D eigenvalue weighted by Crippen LogP contribution is 2.39. The van der Waals surface area contributed by atoms with Gasteiger partial charge in [-0.2, -0.15) is 0 Å². The number of hydrogen-bond donors (Lipinski definition) is 1. The van der Waals surface area contributed by atoms with Gasteiger partial charge in [0, 0.05) is 44.6 Å². The van der Waals surface area contributed by atoms with Crippen LogP contribution in [0.1, 0.15) is 46.6 Å². The number of fused-ring (bicyclic) bond motifs is 1. The first-order chi connectivity index (χ1) is 18.0. The number of carbonyl (C=O) groups excluding carboxylic acids is 3. The Kier molecular flexibility index (Phi) is 6.25. The van der Waals surface area contributed by atoms with Crippen molar-refractivity contribution in [3.63, 3.8) is 0 Å². The molecule has 0 aliphatic carbocycles. The minimum Gasteiger partial charge on any atom is -0.459 e. The number of rotatable bonds is 5. The molecule has 0 radical (unpaired) electrons. The number of likely N-dealkylation sites (tertiary alicyclic amines) is 1. The molecule has 37 heavy (non-hydrogen) atoms. The lowest BCUT2D eigenvalue weighted by molar-refractivity contribution is -0.128. The van der Waals surface area contributed by atoms with E-state index in [1.54, 1.807) is 35.2 Å². The molecule has 2 aromatic rings. The van der Waals surface area contributed by atoms with Crippen molar-refractivity contribution in [1.29, 1.82) is 0 Å². The molecule has 3 amide bonds. The largest absolute Gasteiger partial charge is 0.459 e. The zero-order valence-electron chi connectivity index (χ0n) is 20.4. The van der Waals surface area contributed by atoms with Crippen LogP contribution in [0, 0.1) is 0 Å². The zero-order chi connectivity index (χ0) is 25.4. The van der Waals surface area contributed by atoms with E-state index in [1.807, 2.05) is 0 Å². The van der Waals surface area contributed by atoms with Gasteiger partial charge >= 0.3 is 0 Å². The highest BCUT2D eigenvalue weighted by atomic mass is 16.7. The molecule has 1 N–H and O–H groups in total. The lowest BCUT2D eigenvalue weighted by atomic mass is 9.96. The molecule has 6 rings (SSSR count). The van der Waals surface area contributed by atoms with Gasteiger partial charge in [0.15, 0.2) is 17.3 Å². The minimum absolute atomic E-state index is 0.0140. The van der Waals surface area contributed by atoms with Crippen LogP contribution < -0.4 is 14.8 Å². The Morgan fingerprint density at radius 3 is 2.65 bits per heavy atom. The number of hydrogen-bond acceptors (Lipinski definition) is 8. The lowest BCUT2D eigenvalue weighted by Crippen LogP contribution is -2.60. The second-order valence-corrected chi connectivity index (χ2v) is 9.67. The third kappa shape index (κ3) is 4.42. The maximum absolute atomic E-state index is 13.5. The first kappa shape index (κ1) is 23.8. The van der Waals surface area contributed by atoms with Crippen molar-refractivity contribution in [2.24, 2.45) is 0 Å². The van der Waals surface area contributed by atoms with Gasteiger partial charge in [0.05, 0.1) is 19.0 Å². The molecule has 0 saturated carbocycles. The fraction of sp³-hybridized carbons (Fsp3) is 0.500. The van der Waals surface area contributed by atoms with Gasteiger partial charge in [0.2, 0.25) is 12.7 Å². The number of nitrogens with zero attached hydrogens (tertiary/aromatic N) is 2. The van der Waals surface area contributed by atoms with E-state index in [4.69, 9.17) is 23.4 Å². The monoisotopic (exact) mass is 511 g/mol. The fourth-order valence-electron chi connectivity index (χ4n) is 5.49. The standard InChI is InChI=1S/C26H29N3O8/c30-23(27-14-18-3-1-11-33-18)19-15-37-26(29(19)25(32)21-4-2-12-34-21)7-9-28(10-8-26)24(31)17-5-6-20-22(13-17)36-16-35-20/h2,4-6,12-13,18-19H,1,3,7-11,14-16H2,(H,27,30)/t18-,19+/m1/s1. The molecule has 5 heterocycles. The van der Waals surface area contributed by atoms with Crippen molar-refractivity contribution in [1.82, 2.24) is 15.1 Å². The van der Waals surface area contributed by atoms with E-state index in [9.17, 15) is 14.4 Å². The molecule has 0 bridgehead atoms. The molecule has 3 fully saturated rings. The first-order valence-electron chi connectivity index (χ1n) is 12.6. The molecule has 0 unspecified atom stereocenters. The fourth-order valence-corrected chi connectivity index (χ4v) is 5.49. The summed E-state index contributed by atoms with van der Waals surface area (Å²) in [5.74, 6) is 0.470. The van der Waals surface area contributed by atoms with Gasteiger partial charge in [-0.15, -0.1) is 0 Å². The van der Waals surface area contributed by atoms with Crippen LogP contribution in [-0.2, 0) is 14.3 Å². The number of nitrogens with one attached hydrogen (secondary N) is 1. The summed E-state index contributed by atoms with van der Waals surface area (Å²) in [6.07, 6.45) is 4.01. The molecule has 11 heteroatoms. The van der Waals surface area contributed by atoms with E-state index in [1.165, 1.54) is 11.2 Å². The molecule has 1 spiro atoms. The summed E-state index contributed by atoms with van der Waals surface area (Å²) >= 11 is 0. The van der Waals surface area contributed by atoms with Crippen LogP contribution in [0.4, 0.5) is 0 Å². The van der Waals surface area contributed by atoms with E-state index in [-0.39, 0.29) is 37.1 Å². The zero-order valence-corrected chi connectivity index (χ0v) is 20.4. The second kappa shape index (κ2) is 9.71. The van der Waals surface area contributed by atoms with Crippen LogP contribution in [0.5, 0.6) is 11.5 Å². The third-order valence-corrected chi connectivity index (χ3v) is 7.49. The summed E-state index contributed by atoms with van der Waals surface area (Å²) < 4.78 is 27.9. The predicted molar refractivity (Wildman–Crippen MR) is 127 cm³/mol. The van der Waals surface area contributed by atoms with E-state index >= 15 is 0 Å². The van der Waals surface area contributed by atoms with E-state index in [0.717, 1.165) is 12.8 Å². The van der Waals surface area contributed by atoms with Crippen LogP contribution in [0.2, 0.25) is 0 Å². The van der Waals surface area contributed by atoms with Crippen LogP contribution in [0.15, 0.2) is 41.0 Å². The molecule has 4 aliphatic rings. The summed E-state index contributed by atoms with van der Waals surface area (Å²) in [6, 6.07) is 7.53. The summed E-state index contributed by atoms with van der Waals surface area (Å²) in [7, 11) is 0. The van der Waals surface area contributed by atoms with Crippen molar-refractivity contribution in [2.75, 3.05) is 39.6 Å². The van der Waals surface area contributed by atoms with Crippen LogP contribution in [0.25, 0.3) is 0 Å². The summed E-state index contributed by atoms with van der Waals surface area (Å²) in [5, 5.41) is 2.93. The molecule has 3 saturated heterocycles. The van der Waals surface area contributed by atoms with Gasteiger partial charge in [-0.05, 0) is 43.2 Å². The van der Waals surface area contributed by atoms with Crippen molar-refractivity contribution < 1.29 is 37.7 Å². The Morgan fingerprint density at radius 1 is 1.05 bits per heavy atom. The Morgan fingerprint density at radius 2 is 1.89 bits per heavy atom. The van der Waals surface area contributed by atoms with Gasteiger partial charge in [0.25, 0.3) is 11.8 Å². The SMILES string of the molecule is O=C(NC[C@H]1CCCO1)[C@@H]1COC2(CCN(C(=O)c3ccc4c(c3)OCO4)CC2)N1C(=O)c1ccco1. The van der Waals surface area contributed by atoms with Gasteiger partial charge in [-0.25, -0.2) is 0 Å². The minimum atomic E-state index is -1.01. The molecular formula is C26H29N3O8. The number of furan rings is 1. The molecule has 4 aliphatic heterocycles. The number of ether oxygens (including phenoxy) is 4. The van der Waals surface area contributed by atoms with Crippen LogP contribution in [0.3, 0.4) is 0 Å². The van der Waals surface area contributed by atoms with Crippen molar-refractivity contribution in [2.45, 2.75) is 43.6 Å². The smallest absolute Gasteiger partial charge is 0.292 e. The average Bonchev–Trinajstić information content (AvgIpc) is 3.74. The summed E-state index contributed by atoms with van der Waals surface area (Å²) in [5.41, 5.74) is -0.510. The Hall–Kier alpha value is -3.57. The van der Waals surface area contributed by atoms with E-state index in [2.05, 4.69) is 5.32 Å². The quantitative estimate of drug-likeness (QED) is 0.645. The summed E-state index contributed by atoms with van der Waals surface area (Å²) in [4.78, 5) is 43.2. The first-order valence-corrected chi connectivity index (χ1v) is 12.6. The van der Waals surface area contributed by atoms with Gasteiger partial charge < -0.3 is 33.6 Å². The Bertz CT molecular complexity index is 1170. The van der Waals surface area contributed by atoms with Gasteiger partial charge in [0.1, 0.15) is 11.8 Å². The maximum Gasteiger partial charge on any atom is 0.292 e. The second-order valence-electron chi connectivity index (χ2n) is 9.67. The summed E-state index contributed by atoms with van der Waals surface area (Å²) in [6.45, 7) is 2.01. The molecule has 1 aromatic heterocycles. The van der Waals surface area contributed by atoms with Crippen LogP contribution in [-0.4, -0.2) is 85.0 Å². The predicted octanol–water partition coefficient (Wildman–Crippen LogP) is 1.78. The highest BCUT2D eigenvalue weighted by molar-refractivity contribution is 5.97. The molecule has 196 valence electrons. The van der Waals surface area contributed by atoms with Crippen LogP contribution >= 0.6 is 0 Å². The lowest BCUT2D eigenvalue weighted by Gasteiger charge is -2.44. The average molecular weight is 512 g/mol. The van der Waals surface area contributed by atoms with Crippen molar-refractivity contribution in [3.05, 3.63) is 47.9 Å². The number of benzene rings is 1.